The Bertz CT molecular complexity index is 727. The molecule has 22 heavy (non-hydrogen) atoms. The van der Waals surface area contributed by atoms with Crippen LogP contribution in [0, 0.1) is 10.1 Å². The highest BCUT2D eigenvalue weighted by Crippen LogP contribution is 2.20. The summed E-state index contributed by atoms with van der Waals surface area (Å²) in [6, 6.07) is 8.65. The van der Waals surface area contributed by atoms with Crippen LogP contribution in [0.1, 0.15) is 10.6 Å². The average Bonchev–Trinajstić information content (AvgIpc) is 2.97. The molecular weight excluding hydrogens is 316 g/mol. The number of anilines is 1. The molecule has 1 N–H and O–H groups in total. The largest absolute Gasteiger partial charge is 0.450 e. The van der Waals surface area contributed by atoms with Gasteiger partial charge in [-0.15, -0.1) is 0 Å². The molecule has 1 heterocycles. The predicted octanol–water partition coefficient (Wildman–Crippen LogP) is 2.64. The van der Waals surface area contributed by atoms with Gasteiger partial charge in [0.05, 0.1) is 16.8 Å². The fraction of sp³-hybridized carbons (Fsp3) is 0.0769. The molecule has 1 aromatic heterocycles. The first-order chi connectivity index (χ1) is 10.5. The molecule has 0 unspecified atom stereocenters. The summed E-state index contributed by atoms with van der Waals surface area (Å²) in [5, 5.41) is 13.2. The van der Waals surface area contributed by atoms with Gasteiger partial charge in [-0.1, -0.05) is 23.7 Å². The summed E-state index contributed by atoms with van der Waals surface area (Å²) in [7, 11) is 0. The highest BCUT2D eigenvalue weighted by Gasteiger charge is 2.19. The van der Waals surface area contributed by atoms with Crippen molar-refractivity contribution in [3.05, 3.63) is 57.3 Å². The molecule has 1 amide bonds. The van der Waals surface area contributed by atoms with Crippen molar-refractivity contribution in [3.63, 3.8) is 0 Å². The molecule has 8 nitrogen and oxygen atoms in total. The zero-order valence-corrected chi connectivity index (χ0v) is 11.7. The first kappa shape index (κ1) is 15.5. The summed E-state index contributed by atoms with van der Waals surface area (Å²) in [6.45, 7) is -0.585. The molecule has 2 rings (SSSR count). The van der Waals surface area contributed by atoms with E-state index >= 15 is 0 Å². The quantitative estimate of drug-likeness (QED) is 0.514. The van der Waals surface area contributed by atoms with Crippen LogP contribution in [0.3, 0.4) is 0 Å². The van der Waals surface area contributed by atoms with E-state index < -0.39 is 29.3 Å². The van der Waals surface area contributed by atoms with Crippen LogP contribution in [-0.4, -0.2) is 23.4 Å². The highest BCUT2D eigenvalue weighted by atomic mass is 35.5. The van der Waals surface area contributed by atoms with Crippen LogP contribution in [-0.2, 0) is 9.53 Å². The first-order valence-corrected chi connectivity index (χ1v) is 6.31. The average molecular weight is 325 g/mol. The van der Waals surface area contributed by atoms with Crippen molar-refractivity contribution in [2.24, 2.45) is 0 Å². The van der Waals surface area contributed by atoms with E-state index in [-0.39, 0.29) is 5.76 Å². The lowest BCUT2D eigenvalue weighted by Crippen LogP contribution is -2.20. The Balaban J connectivity index is 1.89. The lowest BCUT2D eigenvalue weighted by Gasteiger charge is -2.06. The zero-order chi connectivity index (χ0) is 16.1. The standard InChI is InChI=1S/C13H9ClN2O6/c14-8-3-1-2-4-9(8)15-11(17)7-21-13(18)10-5-6-12(22-10)16(19)20/h1-6H,7H2,(H,15,17). The monoisotopic (exact) mass is 324 g/mol. The number of carbonyl (C=O) groups excluding carboxylic acids is 2. The van der Waals surface area contributed by atoms with E-state index in [1.54, 1.807) is 24.3 Å². The van der Waals surface area contributed by atoms with Crippen LogP contribution in [0.25, 0.3) is 0 Å². The number of furan rings is 1. The smallest absolute Gasteiger partial charge is 0.433 e. The second-order valence-corrected chi connectivity index (χ2v) is 4.41. The molecule has 0 fully saturated rings. The topological polar surface area (TPSA) is 112 Å². The molecule has 1 aromatic carbocycles. The molecule has 2 aromatic rings. The molecule has 114 valence electrons. The zero-order valence-electron chi connectivity index (χ0n) is 10.9. The van der Waals surface area contributed by atoms with Crippen molar-refractivity contribution < 1.29 is 23.7 Å². The number of halogens is 1. The maximum Gasteiger partial charge on any atom is 0.433 e. The highest BCUT2D eigenvalue weighted by molar-refractivity contribution is 6.33. The van der Waals surface area contributed by atoms with Gasteiger partial charge < -0.3 is 14.5 Å². The van der Waals surface area contributed by atoms with Gasteiger partial charge >= 0.3 is 11.9 Å². The van der Waals surface area contributed by atoms with E-state index in [9.17, 15) is 19.7 Å². The van der Waals surface area contributed by atoms with E-state index in [4.69, 9.17) is 11.6 Å². The van der Waals surface area contributed by atoms with E-state index in [0.29, 0.717) is 10.7 Å². The Labute approximate surface area is 128 Å². The van der Waals surface area contributed by atoms with Gasteiger partial charge in [0.15, 0.2) is 6.61 Å². The molecule has 0 aliphatic heterocycles. The third kappa shape index (κ3) is 3.83. The number of carbonyl (C=O) groups is 2. The van der Waals surface area contributed by atoms with E-state index in [1.807, 2.05) is 0 Å². The van der Waals surface area contributed by atoms with E-state index in [0.717, 1.165) is 12.1 Å². The predicted molar refractivity (Wildman–Crippen MR) is 75.7 cm³/mol. The summed E-state index contributed by atoms with van der Waals surface area (Å²) < 4.78 is 9.33. The maximum absolute atomic E-state index is 11.6. The number of rotatable bonds is 5. The van der Waals surface area contributed by atoms with Gasteiger partial charge in [0.25, 0.3) is 5.91 Å². The number of benzene rings is 1. The van der Waals surface area contributed by atoms with Crippen LogP contribution in [0.4, 0.5) is 11.6 Å². The fourth-order valence-electron chi connectivity index (χ4n) is 1.49. The number of nitrogens with zero attached hydrogens (tertiary/aromatic N) is 1. The van der Waals surface area contributed by atoms with Gasteiger partial charge in [0.2, 0.25) is 5.76 Å². The Morgan fingerprint density at radius 2 is 2.00 bits per heavy atom. The lowest BCUT2D eigenvalue weighted by molar-refractivity contribution is -0.402. The van der Waals surface area contributed by atoms with E-state index in [1.165, 1.54) is 0 Å². The van der Waals surface area contributed by atoms with Crippen molar-refractivity contribution in [1.29, 1.82) is 0 Å². The summed E-state index contributed by atoms with van der Waals surface area (Å²) >= 11 is 5.86. The molecule has 0 aliphatic rings. The molecule has 0 saturated carbocycles. The van der Waals surface area contributed by atoms with Gasteiger partial charge in [0, 0.05) is 0 Å². The molecule has 0 aliphatic carbocycles. The molecule has 0 spiro atoms. The number of esters is 1. The Hall–Kier alpha value is -2.87. The van der Waals surface area contributed by atoms with Gasteiger partial charge in [-0.25, -0.2) is 4.79 Å². The Morgan fingerprint density at radius 3 is 2.64 bits per heavy atom. The summed E-state index contributed by atoms with van der Waals surface area (Å²) in [5.41, 5.74) is 0.374. The minimum atomic E-state index is -0.984. The van der Waals surface area contributed by atoms with Crippen LogP contribution in [0.5, 0.6) is 0 Å². The van der Waals surface area contributed by atoms with Gasteiger partial charge in [-0.3, -0.25) is 14.9 Å². The van der Waals surface area contributed by atoms with Crippen LogP contribution in [0.2, 0.25) is 5.02 Å². The number of para-hydroxylation sites is 1. The SMILES string of the molecule is O=C(COC(=O)c1ccc([N+](=O)[O-])o1)Nc1ccccc1Cl. The number of hydrogen-bond acceptors (Lipinski definition) is 6. The normalized spacial score (nSPS) is 10.0. The third-order valence-corrected chi connectivity index (χ3v) is 2.78. The maximum atomic E-state index is 11.6. The number of hydrogen-bond donors (Lipinski definition) is 1. The summed E-state index contributed by atoms with van der Waals surface area (Å²) in [5.74, 6) is -2.55. The minimum Gasteiger partial charge on any atom is -0.450 e. The van der Waals surface area contributed by atoms with Gasteiger partial charge in [-0.05, 0) is 18.2 Å². The molecule has 0 saturated heterocycles. The first-order valence-electron chi connectivity index (χ1n) is 5.93. The lowest BCUT2D eigenvalue weighted by atomic mass is 10.3. The van der Waals surface area contributed by atoms with Gasteiger partial charge in [0.1, 0.15) is 4.92 Å². The van der Waals surface area contributed by atoms with Crippen molar-refractivity contribution in [2.75, 3.05) is 11.9 Å². The van der Waals surface area contributed by atoms with Crippen molar-refractivity contribution in [2.45, 2.75) is 0 Å². The summed E-state index contributed by atoms with van der Waals surface area (Å²) in [4.78, 5) is 32.8. The third-order valence-electron chi connectivity index (χ3n) is 2.46. The molecule has 0 radical (unpaired) electrons. The van der Waals surface area contributed by atoms with Gasteiger partial charge in [-0.2, -0.15) is 0 Å². The molecular formula is C13H9ClN2O6. The Morgan fingerprint density at radius 1 is 1.27 bits per heavy atom. The van der Waals surface area contributed by atoms with Crippen LogP contribution in [0.15, 0.2) is 40.8 Å². The number of amides is 1. The molecule has 0 atom stereocenters. The molecule has 0 bridgehead atoms. The van der Waals surface area contributed by atoms with Crippen molar-refractivity contribution in [1.82, 2.24) is 0 Å². The number of nitrogens with one attached hydrogen (secondary N) is 1. The van der Waals surface area contributed by atoms with Crippen molar-refractivity contribution in [3.8, 4) is 0 Å². The Kier molecular flexibility index (Phi) is 4.74. The van der Waals surface area contributed by atoms with Crippen molar-refractivity contribution >= 4 is 35.0 Å². The second kappa shape index (κ2) is 6.72. The number of nitro groups is 1. The number of ether oxygens (including phenoxy) is 1. The second-order valence-electron chi connectivity index (χ2n) is 4.00. The van der Waals surface area contributed by atoms with Crippen LogP contribution < -0.4 is 5.32 Å². The minimum absolute atomic E-state index is 0.337. The molecule has 9 heteroatoms. The summed E-state index contributed by atoms with van der Waals surface area (Å²) in [6.07, 6.45) is 0. The fourth-order valence-corrected chi connectivity index (χ4v) is 1.67. The van der Waals surface area contributed by atoms with E-state index in [2.05, 4.69) is 14.5 Å². The van der Waals surface area contributed by atoms with Crippen LogP contribution >= 0.6 is 11.6 Å².